The Kier molecular flexibility index (Phi) is 3.00. The molecule has 6 nitrogen and oxygen atoms in total. The van der Waals surface area contributed by atoms with Gasteiger partial charge in [-0.2, -0.15) is 13.2 Å². The van der Waals surface area contributed by atoms with E-state index in [1.165, 1.54) is 12.4 Å². The largest absolute Gasteiger partial charge is 0.451 e. The second-order valence-corrected chi connectivity index (χ2v) is 4.60. The molecule has 0 N–H and O–H groups in total. The highest BCUT2D eigenvalue weighted by Gasteiger charge is 2.39. The third-order valence-corrected chi connectivity index (χ3v) is 3.11. The quantitative estimate of drug-likeness (QED) is 0.803. The maximum atomic E-state index is 12.7. The van der Waals surface area contributed by atoms with Crippen molar-refractivity contribution < 1.29 is 13.2 Å². The van der Waals surface area contributed by atoms with Crippen molar-refractivity contribution in [3.63, 3.8) is 0 Å². The molecule has 0 fully saturated rings. The van der Waals surface area contributed by atoms with E-state index in [-0.39, 0.29) is 24.1 Å². The number of nitrogens with zero attached hydrogens (tertiary/aromatic N) is 6. The van der Waals surface area contributed by atoms with Crippen molar-refractivity contribution in [2.45, 2.75) is 19.3 Å². The van der Waals surface area contributed by atoms with E-state index in [4.69, 9.17) is 11.6 Å². The van der Waals surface area contributed by atoms with Gasteiger partial charge < -0.3 is 9.47 Å². The van der Waals surface area contributed by atoms with Gasteiger partial charge in [-0.05, 0) is 0 Å². The van der Waals surface area contributed by atoms with Gasteiger partial charge in [-0.1, -0.05) is 11.6 Å². The van der Waals surface area contributed by atoms with Crippen LogP contribution in [0.3, 0.4) is 0 Å². The van der Waals surface area contributed by atoms with Crippen LogP contribution in [-0.4, -0.2) is 31.3 Å². The SMILES string of the molecule is FC(F)(F)c1nnc2n1CCN(c1cncc(Cl)n1)C2. The molecule has 106 valence electrons. The molecule has 0 bridgehead atoms. The van der Waals surface area contributed by atoms with Crippen LogP contribution in [-0.2, 0) is 19.3 Å². The number of hydrogen-bond donors (Lipinski definition) is 0. The Labute approximate surface area is 116 Å². The number of hydrogen-bond acceptors (Lipinski definition) is 5. The van der Waals surface area contributed by atoms with Crippen LogP contribution in [0.15, 0.2) is 12.4 Å². The zero-order valence-corrected chi connectivity index (χ0v) is 10.7. The van der Waals surface area contributed by atoms with Crippen LogP contribution >= 0.6 is 11.6 Å². The van der Waals surface area contributed by atoms with Gasteiger partial charge in [0.25, 0.3) is 0 Å². The molecule has 0 atom stereocenters. The van der Waals surface area contributed by atoms with Gasteiger partial charge in [-0.3, -0.25) is 4.98 Å². The third kappa shape index (κ3) is 2.28. The summed E-state index contributed by atoms with van der Waals surface area (Å²) >= 11 is 5.75. The summed E-state index contributed by atoms with van der Waals surface area (Å²) in [5, 5.41) is 7.03. The molecule has 2 aromatic rings. The van der Waals surface area contributed by atoms with E-state index in [1.807, 2.05) is 0 Å². The summed E-state index contributed by atoms with van der Waals surface area (Å²) < 4.78 is 39.2. The van der Waals surface area contributed by atoms with Crippen molar-refractivity contribution in [2.75, 3.05) is 11.4 Å². The highest BCUT2D eigenvalue weighted by molar-refractivity contribution is 6.29. The van der Waals surface area contributed by atoms with Crippen molar-refractivity contribution in [2.24, 2.45) is 0 Å². The zero-order chi connectivity index (χ0) is 14.3. The smallest absolute Gasteiger partial charge is 0.346 e. The first-order valence-electron chi connectivity index (χ1n) is 5.67. The molecule has 20 heavy (non-hydrogen) atoms. The molecule has 1 aliphatic rings. The first-order valence-corrected chi connectivity index (χ1v) is 6.05. The molecule has 0 amide bonds. The average molecular weight is 305 g/mol. The lowest BCUT2D eigenvalue weighted by Crippen LogP contribution is -2.35. The highest BCUT2D eigenvalue weighted by atomic mass is 35.5. The van der Waals surface area contributed by atoms with Gasteiger partial charge in [0.1, 0.15) is 11.0 Å². The molecule has 0 saturated carbocycles. The minimum atomic E-state index is -4.50. The van der Waals surface area contributed by atoms with Crippen molar-refractivity contribution in [1.29, 1.82) is 0 Å². The highest BCUT2D eigenvalue weighted by Crippen LogP contribution is 2.30. The van der Waals surface area contributed by atoms with Crippen LogP contribution in [0.4, 0.5) is 19.0 Å². The predicted molar refractivity (Wildman–Crippen MR) is 63.1 cm³/mol. The minimum Gasteiger partial charge on any atom is -0.346 e. The van der Waals surface area contributed by atoms with Gasteiger partial charge in [0.05, 0.1) is 18.9 Å². The molecule has 0 unspecified atom stereocenters. The standard InChI is InChI=1S/C10H8ClF3N6/c11-6-3-15-4-7(16-6)19-1-2-20-8(5-19)17-18-9(20)10(12,13)14/h3-4H,1-2,5H2. The summed E-state index contributed by atoms with van der Waals surface area (Å²) in [5.74, 6) is -0.227. The molecular weight excluding hydrogens is 297 g/mol. The summed E-state index contributed by atoms with van der Waals surface area (Å²) in [7, 11) is 0. The Morgan fingerprint density at radius 2 is 1.95 bits per heavy atom. The van der Waals surface area contributed by atoms with E-state index in [9.17, 15) is 13.2 Å². The van der Waals surface area contributed by atoms with Crippen LogP contribution in [0.5, 0.6) is 0 Å². The van der Waals surface area contributed by atoms with Gasteiger partial charge in [0, 0.05) is 13.1 Å². The van der Waals surface area contributed by atoms with Gasteiger partial charge in [0.15, 0.2) is 5.82 Å². The molecule has 3 heterocycles. The van der Waals surface area contributed by atoms with Crippen molar-refractivity contribution >= 4 is 17.4 Å². The topological polar surface area (TPSA) is 59.7 Å². The van der Waals surface area contributed by atoms with Crippen LogP contribution in [0.2, 0.25) is 5.15 Å². The molecule has 1 aliphatic heterocycles. The first kappa shape index (κ1) is 13.1. The molecule has 3 rings (SSSR count). The van der Waals surface area contributed by atoms with E-state index in [1.54, 1.807) is 4.90 Å². The van der Waals surface area contributed by atoms with Crippen molar-refractivity contribution in [3.8, 4) is 0 Å². The van der Waals surface area contributed by atoms with E-state index in [0.29, 0.717) is 12.4 Å². The lowest BCUT2D eigenvalue weighted by molar-refractivity contribution is -0.147. The molecule has 0 aromatic carbocycles. The molecule has 0 aliphatic carbocycles. The first-order chi connectivity index (χ1) is 9.45. The normalized spacial score (nSPS) is 15.3. The van der Waals surface area contributed by atoms with E-state index in [0.717, 1.165) is 4.57 Å². The van der Waals surface area contributed by atoms with E-state index in [2.05, 4.69) is 20.2 Å². The Morgan fingerprint density at radius 1 is 1.15 bits per heavy atom. The zero-order valence-electron chi connectivity index (χ0n) is 9.97. The van der Waals surface area contributed by atoms with E-state index < -0.39 is 12.0 Å². The maximum absolute atomic E-state index is 12.7. The average Bonchev–Trinajstić information content (AvgIpc) is 2.81. The predicted octanol–water partition coefficient (Wildman–Crippen LogP) is 1.76. The molecule has 0 spiro atoms. The van der Waals surface area contributed by atoms with Crippen molar-refractivity contribution in [3.05, 3.63) is 29.2 Å². The molecule has 0 saturated heterocycles. The summed E-state index contributed by atoms with van der Waals surface area (Å²) in [6.45, 7) is 0.659. The Bertz CT molecular complexity index is 640. The Hall–Kier alpha value is -1.90. The summed E-state index contributed by atoms with van der Waals surface area (Å²) in [6.07, 6.45) is -1.61. The Morgan fingerprint density at radius 3 is 2.65 bits per heavy atom. The fourth-order valence-corrected chi connectivity index (χ4v) is 2.19. The van der Waals surface area contributed by atoms with Crippen LogP contribution in [0.1, 0.15) is 11.6 Å². The van der Waals surface area contributed by atoms with Gasteiger partial charge in [-0.15, -0.1) is 10.2 Å². The number of aromatic nitrogens is 5. The number of rotatable bonds is 1. The third-order valence-electron chi connectivity index (χ3n) is 2.92. The van der Waals surface area contributed by atoms with E-state index >= 15 is 0 Å². The lowest BCUT2D eigenvalue weighted by atomic mass is 10.3. The van der Waals surface area contributed by atoms with Crippen LogP contribution in [0, 0.1) is 0 Å². The second-order valence-electron chi connectivity index (χ2n) is 4.21. The summed E-state index contributed by atoms with van der Waals surface area (Å²) in [5.41, 5.74) is 0. The lowest BCUT2D eigenvalue weighted by Gasteiger charge is -2.28. The van der Waals surface area contributed by atoms with Gasteiger partial charge in [-0.25, -0.2) is 4.98 Å². The summed E-state index contributed by atoms with van der Waals surface area (Å²) in [6, 6.07) is 0. The number of anilines is 1. The van der Waals surface area contributed by atoms with Crippen molar-refractivity contribution in [1.82, 2.24) is 24.7 Å². The van der Waals surface area contributed by atoms with Gasteiger partial charge in [0.2, 0.25) is 5.82 Å². The number of alkyl halides is 3. The fraction of sp³-hybridized carbons (Fsp3) is 0.400. The molecular formula is C10H8ClF3N6. The Balaban J connectivity index is 1.88. The molecule has 2 aromatic heterocycles. The maximum Gasteiger partial charge on any atom is 0.451 e. The van der Waals surface area contributed by atoms with Crippen LogP contribution < -0.4 is 4.90 Å². The fourth-order valence-electron chi connectivity index (χ4n) is 2.05. The second kappa shape index (κ2) is 4.58. The minimum absolute atomic E-state index is 0.130. The van der Waals surface area contributed by atoms with Crippen LogP contribution in [0.25, 0.3) is 0 Å². The molecule has 10 heteroatoms. The number of fused-ring (bicyclic) bond motifs is 1. The number of halogens is 4. The monoisotopic (exact) mass is 304 g/mol. The summed E-state index contributed by atoms with van der Waals surface area (Å²) in [4.78, 5) is 9.73. The molecule has 0 radical (unpaired) electrons. The van der Waals surface area contributed by atoms with Gasteiger partial charge >= 0.3 is 6.18 Å².